The van der Waals surface area contributed by atoms with Crippen LogP contribution in [0.5, 0.6) is 0 Å². The van der Waals surface area contributed by atoms with E-state index in [1.807, 2.05) is 20.8 Å². The van der Waals surface area contributed by atoms with E-state index in [4.69, 9.17) is 17.3 Å². The van der Waals surface area contributed by atoms with Crippen LogP contribution in [0.2, 0.25) is 5.02 Å². The number of carbonyl (C=O) groups is 1. The molecule has 0 aromatic heterocycles. The molecule has 1 amide bonds. The highest BCUT2D eigenvalue weighted by Gasteiger charge is 2.17. The van der Waals surface area contributed by atoms with Crippen LogP contribution >= 0.6 is 11.6 Å². The van der Waals surface area contributed by atoms with Gasteiger partial charge < -0.3 is 11.1 Å². The van der Waals surface area contributed by atoms with Crippen molar-refractivity contribution in [3.05, 3.63) is 28.8 Å². The highest BCUT2D eigenvalue weighted by atomic mass is 35.5. The normalized spacial score (nSPS) is 12.6. The van der Waals surface area contributed by atoms with Crippen molar-refractivity contribution >= 4 is 23.2 Å². The van der Waals surface area contributed by atoms with Crippen molar-refractivity contribution in [1.29, 1.82) is 0 Å². The zero-order chi connectivity index (χ0) is 12.3. The maximum Gasteiger partial charge on any atom is 0.241 e. The molecule has 0 saturated carbocycles. The topological polar surface area (TPSA) is 55.1 Å². The van der Waals surface area contributed by atoms with E-state index >= 15 is 0 Å². The second-order valence-corrected chi connectivity index (χ2v) is 4.65. The standard InChI is InChI=1S/C12H17ClN2O/c1-7(2)11(14)12(16)15-10-5-4-9(13)6-8(10)3/h4-7,11H,14H2,1-3H3,(H,15,16)/t11-/m0/s1. The molecular formula is C12H17ClN2O. The van der Waals surface area contributed by atoms with E-state index in [2.05, 4.69) is 5.32 Å². The fourth-order valence-corrected chi connectivity index (χ4v) is 1.51. The molecule has 3 nitrogen and oxygen atoms in total. The molecule has 3 N–H and O–H groups in total. The van der Waals surface area contributed by atoms with Crippen LogP contribution in [-0.2, 0) is 4.79 Å². The van der Waals surface area contributed by atoms with E-state index in [9.17, 15) is 4.79 Å². The Morgan fingerprint density at radius 3 is 2.56 bits per heavy atom. The number of nitrogens with one attached hydrogen (secondary N) is 1. The Labute approximate surface area is 101 Å². The van der Waals surface area contributed by atoms with Crippen molar-refractivity contribution in [2.45, 2.75) is 26.8 Å². The molecule has 1 aromatic carbocycles. The number of hydrogen-bond acceptors (Lipinski definition) is 2. The minimum Gasteiger partial charge on any atom is -0.324 e. The number of anilines is 1. The SMILES string of the molecule is Cc1cc(Cl)ccc1NC(=O)[C@@H](N)C(C)C. The maximum atomic E-state index is 11.7. The van der Waals surface area contributed by atoms with Gasteiger partial charge >= 0.3 is 0 Å². The highest BCUT2D eigenvalue weighted by Crippen LogP contribution is 2.19. The molecule has 1 aromatic rings. The fraction of sp³-hybridized carbons (Fsp3) is 0.417. The van der Waals surface area contributed by atoms with Crippen LogP contribution in [0.15, 0.2) is 18.2 Å². The summed E-state index contributed by atoms with van der Waals surface area (Å²) in [5.41, 5.74) is 7.43. The molecule has 0 aliphatic rings. The highest BCUT2D eigenvalue weighted by molar-refractivity contribution is 6.30. The molecule has 0 aliphatic heterocycles. The molecular weight excluding hydrogens is 224 g/mol. The predicted molar refractivity (Wildman–Crippen MR) is 67.6 cm³/mol. The van der Waals surface area contributed by atoms with Crippen molar-refractivity contribution < 1.29 is 4.79 Å². The van der Waals surface area contributed by atoms with Crippen molar-refractivity contribution in [2.75, 3.05) is 5.32 Å². The molecule has 1 atom stereocenters. The second kappa shape index (κ2) is 5.32. The second-order valence-electron chi connectivity index (χ2n) is 4.22. The summed E-state index contributed by atoms with van der Waals surface area (Å²) < 4.78 is 0. The minimum atomic E-state index is -0.491. The third kappa shape index (κ3) is 3.22. The van der Waals surface area contributed by atoms with E-state index in [1.165, 1.54) is 0 Å². The van der Waals surface area contributed by atoms with E-state index < -0.39 is 6.04 Å². The number of aryl methyl sites for hydroxylation is 1. The zero-order valence-corrected chi connectivity index (χ0v) is 10.5. The number of nitrogens with two attached hydrogens (primary N) is 1. The number of rotatable bonds is 3. The zero-order valence-electron chi connectivity index (χ0n) is 9.75. The Bertz CT molecular complexity index is 391. The molecule has 0 fully saturated rings. The first-order valence-corrected chi connectivity index (χ1v) is 5.62. The lowest BCUT2D eigenvalue weighted by Crippen LogP contribution is -2.39. The molecule has 16 heavy (non-hydrogen) atoms. The number of carbonyl (C=O) groups excluding carboxylic acids is 1. The monoisotopic (exact) mass is 240 g/mol. The molecule has 0 spiro atoms. The fourth-order valence-electron chi connectivity index (χ4n) is 1.29. The smallest absolute Gasteiger partial charge is 0.241 e. The molecule has 0 aliphatic carbocycles. The van der Waals surface area contributed by atoms with Gasteiger partial charge in [0, 0.05) is 10.7 Å². The molecule has 88 valence electrons. The lowest BCUT2D eigenvalue weighted by atomic mass is 10.0. The van der Waals surface area contributed by atoms with E-state index in [0.717, 1.165) is 11.3 Å². The summed E-state index contributed by atoms with van der Waals surface area (Å²) in [7, 11) is 0. The summed E-state index contributed by atoms with van der Waals surface area (Å²) in [5.74, 6) is -0.0481. The summed E-state index contributed by atoms with van der Waals surface area (Å²) in [5, 5.41) is 3.45. The lowest BCUT2D eigenvalue weighted by Gasteiger charge is -2.16. The van der Waals surface area contributed by atoms with Crippen LogP contribution in [0.3, 0.4) is 0 Å². The van der Waals surface area contributed by atoms with Gasteiger partial charge in [0.1, 0.15) is 0 Å². The Kier molecular flexibility index (Phi) is 4.33. The first-order valence-electron chi connectivity index (χ1n) is 5.24. The van der Waals surface area contributed by atoms with Gasteiger partial charge in [-0.15, -0.1) is 0 Å². The average Bonchev–Trinajstić information content (AvgIpc) is 2.20. The molecule has 0 saturated heterocycles. The summed E-state index contributed by atoms with van der Waals surface area (Å²) in [6.45, 7) is 5.72. The van der Waals surface area contributed by atoms with E-state index in [-0.39, 0.29) is 11.8 Å². The van der Waals surface area contributed by atoms with Gasteiger partial charge in [-0.1, -0.05) is 25.4 Å². The van der Waals surface area contributed by atoms with Crippen molar-refractivity contribution in [1.82, 2.24) is 0 Å². The molecule has 0 bridgehead atoms. The third-order valence-corrected chi connectivity index (χ3v) is 2.70. The molecule has 0 heterocycles. The summed E-state index contributed by atoms with van der Waals surface area (Å²) in [6.07, 6.45) is 0. The average molecular weight is 241 g/mol. The predicted octanol–water partition coefficient (Wildman–Crippen LogP) is 2.57. The van der Waals surface area contributed by atoms with Gasteiger partial charge in [-0.25, -0.2) is 0 Å². The lowest BCUT2D eigenvalue weighted by molar-refractivity contribution is -0.118. The Morgan fingerprint density at radius 2 is 2.06 bits per heavy atom. The van der Waals surface area contributed by atoms with Crippen LogP contribution in [-0.4, -0.2) is 11.9 Å². The number of halogens is 1. The Morgan fingerprint density at radius 1 is 1.44 bits per heavy atom. The third-order valence-electron chi connectivity index (χ3n) is 2.47. The van der Waals surface area contributed by atoms with Gasteiger partial charge in [0.15, 0.2) is 0 Å². The number of hydrogen-bond donors (Lipinski definition) is 2. The van der Waals surface area contributed by atoms with Gasteiger partial charge in [0.25, 0.3) is 0 Å². The quantitative estimate of drug-likeness (QED) is 0.853. The van der Waals surface area contributed by atoms with Crippen molar-refractivity contribution in [2.24, 2.45) is 11.7 Å². The summed E-state index contributed by atoms with van der Waals surface area (Å²) in [6, 6.07) is 4.83. The summed E-state index contributed by atoms with van der Waals surface area (Å²) in [4.78, 5) is 11.7. The maximum absolute atomic E-state index is 11.7. The van der Waals surface area contributed by atoms with Crippen LogP contribution in [0.25, 0.3) is 0 Å². The Balaban J connectivity index is 2.77. The van der Waals surface area contributed by atoms with Gasteiger partial charge in [-0.05, 0) is 36.6 Å². The largest absolute Gasteiger partial charge is 0.324 e. The summed E-state index contributed by atoms with van der Waals surface area (Å²) >= 11 is 5.83. The van der Waals surface area contributed by atoms with Crippen LogP contribution < -0.4 is 11.1 Å². The van der Waals surface area contributed by atoms with Crippen molar-refractivity contribution in [3.8, 4) is 0 Å². The van der Waals surface area contributed by atoms with Crippen LogP contribution in [0.1, 0.15) is 19.4 Å². The van der Waals surface area contributed by atoms with Gasteiger partial charge in [-0.3, -0.25) is 4.79 Å². The van der Waals surface area contributed by atoms with Gasteiger partial charge in [0.2, 0.25) is 5.91 Å². The molecule has 0 unspecified atom stereocenters. The van der Waals surface area contributed by atoms with Gasteiger partial charge in [0.05, 0.1) is 6.04 Å². The van der Waals surface area contributed by atoms with Gasteiger partial charge in [-0.2, -0.15) is 0 Å². The minimum absolute atomic E-state index is 0.118. The first kappa shape index (κ1) is 13.0. The van der Waals surface area contributed by atoms with Crippen LogP contribution in [0.4, 0.5) is 5.69 Å². The Hall–Kier alpha value is -1.06. The molecule has 4 heteroatoms. The number of benzene rings is 1. The molecule has 0 radical (unpaired) electrons. The van der Waals surface area contributed by atoms with E-state index in [1.54, 1.807) is 18.2 Å². The first-order chi connectivity index (χ1) is 7.41. The van der Waals surface area contributed by atoms with Crippen molar-refractivity contribution in [3.63, 3.8) is 0 Å². The number of amides is 1. The molecule has 1 rings (SSSR count). The van der Waals surface area contributed by atoms with Crippen LogP contribution in [0, 0.1) is 12.8 Å². The van der Waals surface area contributed by atoms with E-state index in [0.29, 0.717) is 5.02 Å².